The van der Waals surface area contributed by atoms with Crippen LogP contribution in [-0.2, 0) is 6.54 Å². The first-order valence-electron chi connectivity index (χ1n) is 6.58. The Morgan fingerprint density at radius 3 is 2.95 bits per heavy atom. The van der Waals surface area contributed by atoms with Gasteiger partial charge in [0.1, 0.15) is 5.52 Å². The van der Waals surface area contributed by atoms with Gasteiger partial charge >= 0.3 is 0 Å². The number of rotatable bonds is 2. The minimum absolute atomic E-state index is 0.597. The quantitative estimate of drug-likeness (QED) is 0.556. The molecule has 0 amide bonds. The molecule has 0 saturated carbocycles. The van der Waals surface area contributed by atoms with Crippen LogP contribution in [0, 0.1) is 0 Å². The molecular weight excluding hydrogens is 330 g/mol. The first-order chi connectivity index (χ1) is 10.2. The van der Waals surface area contributed by atoms with Crippen molar-refractivity contribution < 1.29 is 4.42 Å². The maximum atomic E-state index is 5.77. The van der Waals surface area contributed by atoms with Crippen LogP contribution in [0.4, 0.5) is 5.69 Å². The number of nitrogen functional groups attached to an aromatic ring is 1. The van der Waals surface area contributed by atoms with Gasteiger partial charge in [0.05, 0.1) is 6.54 Å². The van der Waals surface area contributed by atoms with Gasteiger partial charge in [-0.05, 0) is 36.4 Å². The minimum atomic E-state index is 0.597. The molecule has 4 aromatic rings. The lowest BCUT2D eigenvalue weighted by molar-refractivity contribution is 0.513. The zero-order valence-corrected chi connectivity index (χ0v) is 12.7. The first-order valence-corrected chi connectivity index (χ1v) is 7.38. The van der Waals surface area contributed by atoms with E-state index < -0.39 is 0 Å². The second kappa shape index (κ2) is 4.63. The van der Waals surface area contributed by atoms with Crippen LogP contribution in [0.5, 0.6) is 0 Å². The number of oxazole rings is 1. The molecule has 4 rings (SSSR count). The Morgan fingerprint density at radius 1 is 1.14 bits per heavy atom. The molecule has 0 unspecified atom stereocenters. The van der Waals surface area contributed by atoms with Gasteiger partial charge < -0.3 is 14.7 Å². The molecular formula is C16H12BrN3O. The molecule has 0 aliphatic heterocycles. The highest BCUT2D eigenvalue weighted by molar-refractivity contribution is 9.10. The van der Waals surface area contributed by atoms with Gasteiger partial charge in [0, 0.05) is 33.3 Å². The van der Waals surface area contributed by atoms with E-state index in [2.05, 4.69) is 43.7 Å². The van der Waals surface area contributed by atoms with Gasteiger partial charge in [0.25, 0.3) is 0 Å². The lowest BCUT2D eigenvalue weighted by Crippen LogP contribution is -1.97. The van der Waals surface area contributed by atoms with Gasteiger partial charge in [-0.15, -0.1) is 0 Å². The summed E-state index contributed by atoms with van der Waals surface area (Å²) < 4.78 is 8.97. The molecule has 5 heteroatoms. The fourth-order valence-corrected chi connectivity index (χ4v) is 2.89. The Kier molecular flexibility index (Phi) is 2.75. The van der Waals surface area contributed by atoms with Gasteiger partial charge in [-0.1, -0.05) is 15.9 Å². The molecule has 0 spiro atoms. The van der Waals surface area contributed by atoms with Gasteiger partial charge in [-0.2, -0.15) is 0 Å². The van der Waals surface area contributed by atoms with E-state index in [0.717, 1.165) is 21.1 Å². The number of benzene rings is 2. The van der Waals surface area contributed by atoms with Crippen LogP contribution in [0.25, 0.3) is 22.0 Å². The van der Waals surface area contributed by atoms with E-state index in [9.17, 15) is 0 Å². The highest BCUT2D eigenvalue weighted by atomic mass is 79.9. The van der Waals surface area contributed by atoms with Crippen molar-refractivity contribution in [3.05, 3.63) is 59.0 Å². The Morgan fingerprint density at radius 2 is 2.05 bits per heavy atom. The van der Waals surface area contributed by atoms with Gasteiger partial charge in [0.15, 0.2) is 5.58 Å². The Labute approximate surface area is 129 Å². The molecule has 4 nitrogen and oxygen atoms in total. The van der Waals surface area contributed by atoms with Crippen LogP contribution in [-0.4, -0.2) is 9.55 Å². The summed E-state index contributed by atoms with van der Waals surface area (Å²) in [6.45, 7) is 0.597. The van der Waals surface area contributed by atoms with Gasteiger partial charge in [0.2, 0.25) is 5.89 Å². The second-order valence-corrected chi connectivity index (χ2v) is 5.90. The highest BCUT2D eigenvalue weighted by Gasteiger charge is 2.08. The van der Waals surface area contributed by atoms with Crippen molar-refractivity contribution in [2.45, 2.75) is 6.54 Å². The topological polar surface area (TPSA) is 57.0 Å². The van der Waals surface area contributed by atoms with Crippen molar-refractivity contribution in [2.75, 3.05) is 5.73 Å². The molecule has 2 N–H and O–H groups in total. The van der Waals surface area contributed by atoms with Crippen molar-refractivity contribution >= 4 is 43.6 Å². The summed E-state index contributed by atoms with van der Waals surface area (Å²) in [7, 11) is 0. The maximum absolute atomic E-state index is 5.77. The third kappa shape index (κ3) is 2.19. The summed E-state index contributed by atoms with van der Waals surface area (Å²) in [4.78, 5) is 4.50. The summed E-state index contributed by atoms with van der Waals surface area (Å²) >= 11 is 3.49. The molecule has 2 heterocycles. The van der Waals surface area contributed by atoms with Crippen LogP contribution in [0.3, 0.4) is 0 Å². The summed E-state index contributed by atoms with van der Waals surface area (Å²) in [5, 5.41) is 1.18. The number of fused-ring (bicyclic) bond motifs is 2. The molecule has 0 atom stereocenters. The molecule has 21 heavy (non-hydrogen) atoms. The van der Waals surface area contributed by atoms with E-state index in [-0.39, 0.29) is 0 Å². The minimum Gasteiger partial charge on any atom is -0.439 e. The predicted octanol–water partition coefficient (Wildman–Crippen LogP) is 4.18. The number of hydrogen-bond acceptors (Lipinski definition) is 3. The van der Waals surface area contributed by atoms with Crippen molar-refractivity contribution in [1.29, 1.82) is 0 Å². The van der Waals surface area contributed by atoms with Crippen molar-refractivity contribution in [1.82, 2.24) is 9.55 Å². The van der Waals surface area contributed by atoms with Crippen LogP contribution in [0.15, 0.2) is 57.6 Å². The summed E-state index contributed by atoms with van der Waals surface area (Å²) in [6.07, 6.45) is 2.04. The van der Waals surface area contributed by atoms with E-state index in [0.29, 0.717) is 18.1 Å². The molecule has 0 aliphatic carbocycles. The third-order valence-corrected chi connectivity index (χ3v) is 3.99. The molecule has 0 aliphatic rings. The fourth-order valence-electron chi connectivity index (χ4n) is 2.51. The van der Waals surface area contributed by atoms with Gasteiger partial charge in [-0.25, -0.2) is 4.98 Å². The average Bonchev–Trinajstić information content (AvgIpc) is 3.02. The zero-order valence-electron chi connectivity index (χ0n) is 11.1. The predicted molar refractivity (Wildman–Crippen MR) is 87.2 cm³/mol. The van der Waals surface area contributed by atoms with Crippen LogP contribution < -0.4 is 5.73 Å². The van der Waals surface area contributed by atoms with Crippen LogP contribution in [0.2, 0.25) is 0 Å². The van der Waals surface area contributed by atoms with Crippen molar-refractivity contribution in [3.8, 4) is 0 Å². The largest absolute Gasteiger partial charge is 0.439 e. The number of halogens is 1. The molecule has 0 saturated heterocycles. The maximum Gasteiger partial charge on any atom is 0.215 e. The molecule has 104 valence electrons. The molecule has 2 aromatic carbocycles. The summed E-state index contributed by atoms with van der Waals surface area (Å²) in [5.74, 6) is 0.677. The monoisotopic (exact) mass is 341 g/mol. The lowest BCUT2D eigenvalue weighted by Gasteiger charge is -2.02. The third-order valence-electron chi connectivity index (χ3n) is 3.50. The Hall–Kier alpha value is -2.27. The second-order valence-electron chi connectivity index (χ2n) is 4.98. The lowest BCUT2D eigenvalue weighted by atomic mass is 10.2. The Balaban J connectivity index is 1.75. The van der Waals surface area contributed by atoms with Crippen LogP contribution >= 0.6 is 15.9 Å². The number of nitrogens with two attached hydrogens (primary N) is 1. The molecule has 0 bridgehead atoms. The number of nitrogens with zero attached hydrogens (tertiary/aromatic N) is 2. The van der Waals surface area contributed by atoms with E-state index in [4.69, 9.17) is 10.2 Å². The summed E-state index contributed by atoms with van der Waals surface area (Å²) in [5.41, 5.74) is 9.15. The standard InChI is InChI=1S/C16H12BrN3O/c17-11-1-4-14-10(7-11)5-6-20(14)9-16-19-13-3-2-12(18)8-15(13)21-16/h1-8H,9,18H2. The smallest absolute Gasteiger partial charge is 0.215 e. The molecule has 2 aromatic heterocycles. The fraction of sp³-hybridized carbons (Fsp3) is 0.0625. The average molecular weight is 342 g/mol. The summed E-state index contributed by atoms with van der Waals surface area (Å²) in [6, 6.07) is 13.8. The van der Waals surface area contributed by atoms with Crippen LogP contribution in [0.1, 0.15) is 5.89 Å². The van der Waals surface area contributed by atoms with Crippen molar-refractivity contribution in [2.24, 2.45) is 0 Å². The number of aromatic nitrogens is 2. The van der Waals surface area contributed by atoms with E-state index in [1.54, 1.807) is 6.07 Å². The van der Waals surface area contributed by atoms with E-state index in [1.165, 1.54) is 5.39 Å². The SMILES string of the molecule is Nc1ccc2nc(Cn3ccc4cc(Br)ccc43)oc2c1. The Bertz CT molecular complexity index is 955. The van der Waals surface area contributed by atoms with Gasteiger partial charge in [-0.3, -0.25) is 0 Å². The van der Waals surface area contributed by atoms with E-state index in [1.807, 2.05) is 24.4 Å². The molecule has 0 radical (unpaired) electrons. The zero-order chi connectivity index (χ0) is 14.4. The van der Waals surface area contributed by atoms with E-state index >= 15 is 0 Å². The van der Waals surface area contributed by atoms with Crippen molar-refractivity contribution in [3.63, 3.8) is 0 Å². The first kappa shape index (κ1) is 12.5. The normalized spacial score (nSPS) is 11.5. The molecule has 0 fully saturated rings. The highest BCUT2D eigenvalue weighted by Crippen LogP contribution is 2.23. The number of hydrogen-bond donors (Lipinski definition) is 1. The number of anilines is 1.